The molecule has 2 N–H and O–H groups in total. The molecule has 1 fully saturated rings. The highest BCUT2D eigenvalue weighted by Gasteiger charge is 2.33. The van der Waals surface area contributed by atoms with Gasteiger partial charge >= 0.3 is 0 Å². The van der Waals surface area contributed by atoms with E-state index in [0.717, 1.165) is 31.5 Å². The van der Waals surface area contributed by atoms with E-state index >= 15 is 0 Å². The van der Waals surface area contributed by atoms with Gasteiger partial charge in [0.05, 0.1) is 12.2 Å². The average Bonchev–Trinajstić information content (AvgIpc) is 3.26. The highest BCUT2D eigenvalue weighted by Crippen LogP contribution is 2.29. The Labute approximate surface area is 114 Å². The molecule has 1 amide bonds. The third-order valence-electron chi connectivity index (χ3n) is 3.31. The van der Waals surface area contributed by atoms with Crippen LogP contribution in [0.15, 0.2) is 24.3 Å². The van der Waals surface area contributed by atoms with Gasteiger partial charge in [0.15, 0.2) is 0 Å². The van der Waals surface area contributed by atoms with Crippen molar-refractivity contribution in [2.75, 3.05) is 25.0 Å². The number of benzene rings is 1. The Bertz CT molecular complexity index is 430. The number of carbonyl (C=O) groups excluding carboxylic acids is 1. The summed E-state index contributed by atoms with van der Waals surface area (Å²) in [7, 11) is 0. The maximum atomic E-state index is 12.6. The van der Waals surface area contributed by atoms with E-state index in [4.69, 9.17) is 5.11 Å². The number of carbonyl (C=O) groups is 1. The van der Waals surface area contributed by atoms with Crippen molar-refractivity contribution in [3.8, 4) is 0 Å². The molecule has 0 aliphatic heterocycles. The maximum absolute atomic E-state index is 12.6. The monoisotopic (exact) mass is 262 g/mol. The minimum absolute atomic E-state index is 0.0206. The smallest absolute Gasteiger partial charge is 0.256 e. The Balaban J connectivity index is 2.16. The molecule has 0 atom stereocenters. The number of nitrogens with zero attached hydrogens (tertiary/aromatic N) is 1. The number of aliphatic hydroxyl groups excluding tert-OH is 1. The van der Waals surface area contributed by atoms with Crippen LogP contribution in [0.5, 0.6) is 0 Å². The lowest BCUT2D eigenvalue weighted by atomic mass is 10.1. The van der Waals surface area contributed by atoms with Gasteiger partial charge in [0.1, 0.15) is 0 Å². The highest BCUT2D eigenvalue weighted by atomic mass is 16.3. The van der Waals surface area contributed by atoms with E-state index in [2.05, 4.69) is 12.2 Å². The SMILES string of the molecule is CCCNc1ccccc1C(=O)N(CCO)C1CC1. The van der Waals surface area contributed by atoms with Gasteiger partial charge < -0.3 is 15.3 Å². The summed E-state index contributed by atoms with van der Waals surface area (Å²) < 4.78 is 0. The topological polar surface area (TPSA) is 52.6 Å². The van der Waals surface area contributed by atoms with Gasteiger partial charge in [0.2, 0.25) is 0 Å². The third kappa shape index (κ3) is 3.47. The quantitative estimate of drug-likeness (QED) is 0.791. The molecular formula is C15H22N2O2. The number of anilines is 1. The Morgan fingerprint density at radius 2 is 2.16 bits per heavy atom. The van der Waals surface area contributed by atoms with Gasteiger partial charge in [0.25, 0.3) is 5.91 Å². The van der Waals surface area contributed by atoms with Crippen LogP contribution in [-0.4, -0.2) is 41.7 Å². The summed E-state index contributed by atoms with van der Waals surface area (Å²) in [6.45, 7) is 3.39. The molecule has 0 unspecified atom stereocenters. The minimum atomic E-state index is 0.0206. The van der Waals surface area contributed by atoms with E-state index in [1.807, 2.05) is 24.3 Å². The summed E-state index contributed by atoms with van der Waals surface area (Å²) in [5.41, 5.74) is 1.59. The van der Waals surface area contributed by atoms with E-state index in [9.17, 15) is 4.79 Å². The zero-order valence-corrected chi connectivity index (χ0v) is 11.4. The second-order valence-corrected chi connectivity index (χ2v) is 4.93. The first-order valence-electron chi connectivity index (χ1n) is 7.02. The first kappa shape index (κ1) is 13.9. The van der Waals surface area contributed by atoms with Crippen molar-refractivity contribution in [1.82, 2.24) is 4.90 Å². The Morgan fingerprint density at radius 3 is 2.79 bits per heavy atom. The number of nitrogens with one attached hydrogen (secondary N) is 1. The molecule has 0 heterocycles. The molecule has 1 aliphatic rings. The summed E-state index contributed by atoms with van der Waals surface area (Å²) in [4.78, 5) is 14.4. The number of rotatable bonds is 7. The number of hydrogen-bond donors (Lipinski definition) is 2. The van der Waals surface area contributed by atoms with E-state index in [-0.39, 0.29) is 12.5 Å². The average molecular weight is 262 g/mol. The van der Waals surface area contributed by atoms with Crippen LogP contribution in [0.4, 0.5) is 5.69 Å². The van der Waals surface area contributed by atoms with Gasteiger partial charge in [0, 0.05) is 24.8 Å². The largest absolute Gasteiger partial charge is 0.395 e. The summed E-state index contributed by atoms with van der Waals surface area (Å²) in [6.07, 6.45) is 3.12. The van der Waals surface area contributed by atoms with E-state index < -0.39 is 0 Å². The fourth-order valence-corrected chi connectivity index (χ4v) is 2.18. The van der Waals surface area contributed by atoms with Crippen LogP contribution in [-0.2, 0) is 0 Å². The van der Waals surface area contributed by atoms with Gasteiger partial charge in [-0.2, -0.15) is 0 Å². The molecule has 1 aromatic carbocycles. The van der Waals surface area contributed by atoms with Crippen molar-refractivity contribution >= 4 is 11.6 Å². The lowest BCUT2D eigenvalue weighted by Crippen LogP contribution is -2.35. The third-order valence-corrected chi connectivity index (χ3v) is 3.31. The second-order valence-electron chi connectivity index (χ2n) is 4.93. The molecule has 0 saturated heterocycles. The van der Waals surface area contributed by atoms with Crippen LogP contribution >= 0.6 is 0 Å². The summed E-state index contributed by atoms with van der Waals surface area (Å²) in [5.74, 6) is 0.0238. The van der Waals surface area contributed by atoms with Crippen LogP contribution < -0.4 is 5.32 Å². The molecule has 0 bridgehead atoms. The zero-order chi connectivity index (χ0) is 13.7. The van der Waals surface area contributed by atoms with Crippen molar-refractivity contribution < 1.29 is 9.90 Å². The maximum Gasteiger partial charge on any atom is 0.256 e. The van der Waals surface area contributed by atoms with Gasteiger partial charge in [-0.25, -0.2) is 0 Å². The van der Waals surface area contributed by atoms with Crippen molar-refractivity contribution in [3.63, 3.8) is 0 Å². The second kappa shape index (κ2) is 6.57. The van der Waals surface area contributed by atoms with Gasteiger partial charge in [-0.3, -0.25) is 4.79 Å². The van der Waals surface area contributed by atoms with Crippen LogP contribution in [0.25, 0.3) is 0 Å². The molecule has 104 valence electrons. The summed E-state index contributed by atoms with van der Waals surface area (Å²) in [5, 5.41) is 12.4. The fourth-order valence-electron chi connectivity index (χ4n) is 2.18. The number of para-hydroxylation sites is 1. The van der Waals surface area contributed by atoms with E-state index in [1.165, 1.54) is 0 Å². The highest BCUT2D eigenvalue weighted by molar-refractivity contribution is 6.00. The molecular weight excluding hydrogens is 240 g/mol. The lowest BCUT2D eigenvalue weighted by molar-refractivity contribution is 0.0708. The molecule has 2 rings (SSSR count). The normalized spacial score (nSPS) is 14.2. The van der Waals surface area contributed by atoms with Gasteiger partial charge in [-0.05, 0) is 31.4 Å². The molecule has 0 spiro atoms. The number of hydrogen-bond acceptors (Lipinski definition) is 3. The summed E-state index contributed by atoms with van der Waals surface area (Å²) in [6, 6.07) is 7.93. The number of amides is 1. The first-order chi connectivity index (χ1) is 9.27. The minimum Gasteiger partial charge on any atom is -0.395 e. The Morgan fingerprint density at radius 1 is 1.42 bits per heavy atom. The molecule has 19 heavy (non-hydrogen) atoms. The van der Waals surface area contributed by atoms with Crippen molar-refractivity contribution in [2.24, 2.45) is 0 Å². The van der Waals surface area contributed by atoms with Crippen LogP contribution in [0.2, 0.25) is 0 Å². The van der Waals surface area contributed by atoms with E-state index in [1.54, 1.807) is 4.90 Å². The fraction of sp³-hybridized carbons (Fsp3) is 0.533. The predicted octanol–water partition coefficient (Wildman–Crippen LogP) is 2.11. The summed E-state index contributed by atoms with van der Waals surface area (Å²) >= 11 is 0. The van der Waals surface area contributed by atoms with Crippen molar-refractivity contribution in [3.05, 3.63) is 29.8 Å². The molecule has 1 aliphatic carbocycles. The Kier molecular flexibility index (Phi) is 4.80. The van der Waals surface area contributed by atoms with Crippen LogP contribution in [0.3, 0.4) is 0 Å². The Hall–Kier alpha value is -1.55. The van der Waals surface area contributed by atoms with Gasteiger partial charge in [-0.15, -0.1) is 0 Å². The molecule has 1 aromatic rings. The standard InChI is InChI=1S/C15H22N2O2/c1-2-9-16-14-6-4-3-5-13(14)15(19)17(10-11-18)12-7-8-12/h3-6,12,16,18H,2,7-11H2,1H3. The van der Waals surface area contributed by atoms with Crippen molar-refractivity contribution in [1.29, 1.82) is 0 Å². The van der Waals surface area contributed by atoms with Gasteiger partial charge in [-0.1, -0.05) is 19.1 Å². The zero-order valence-electron chi connectivity index (χ0n) is 11.4. The molecule has 0 radical (unpaired) electrons. The molecule has 0 aromatic heterocycles. The lowest BCUT2D eigenvalue weighted by Gasteiger charge is -2.23. The molecule has 1 saturated carbocycles. The number of aliphatic hydroxyl groups is 1. The molecule has 4 heteroatoms. The predicted molar refractivity (Wildman–Crippen MR) is 76.4 cm³/mol. The van der Waals surface area contributed by atoms with Crippen LogP contribution in [0.1, 0.15) is 36.5 Å². The first-order valence-corrected chi connectivity index (χ1v) is 7.02. The van der Waals surface area contributed by atoms with E-state index in [0.29, 0.717) is 18.2 Å². The van der Waals surface area contributed by atoms with Crippen molar-refractivity contribution in [2.45, 2.75) is 32.2 Å². The molecule has 4 nitrogen and oxygen atoms in total. The van der Waals surface area contributed by atoms with Crippen LogP contribution in [0, 0.1) is 0 Å².